The van der Waals surface area contributed by atoms with E-state index < -0.39 is 6.98 Å². The minimum absolute atomic E-state index is 0.0387. The largest absolute Gasteiger partial charge is 0.264 e. The quantitative estimate of drug-likeness (QED) is 0.502. The van der Waals surface area contributed by atoms with Gasteiger partial charge in [-0.1, -0.05) is 6.07 Å². The van der Waals surface area contributed by atoms with Crippen LogP contribution in [0.2, 0.25) is 0 Å². The molecule has 1 aromatic rings. The molecule has 0 amide bonds. The molecule has 1 rings (SSSR count). The third-order valence-electron chi connectivity index (χ3n) is 1.40. The Morgan fingerprint density at radius 1 is 1.75 bits per heavy atom. The summed E-state index contributed by atoms with van der Waals surface area (Å²) in [6, 6.07) is 5.34. The molecule has 0 saturated carbocycles. The van der Waals surface area contributed by atoms with E-state index in [-0.39, 0.29) is 6.54 Å². The van der Waals surface area contributed by atoms with Crippen LogP contribution in [0.3, 0.4) is 0 Å². The molecule has 4 heteroatoms. The Bertz CT molecular complexity index is 315. The number of hydrogen-bond donors (Lipinski definition) is 0. The van der Waals surface area contributed by atoms with E-state index in [1.165, 1.54) is 0 Å². The summed E-state index contributed by atoms with van der Waals surface area (Å²) in [6.45, 7) is -2.44. The molecule has 4 nitrogen and oxygen atoms in total. The average molecular weight is 168 g/mol. The van der Waals surface area contributed by atoms with E-state index in [1.54, 1.807) is 24.4 Å². The lowest BCUT2D eigenvalue weighted by atomic mass is 10.3. The van der Waals surface area contributed by atoms with Gasteiger partial charge in [-0.05, 0) is 12.1 Å². The Morgan fingerprint density at radius 2 is 2.67 bits per heavy atom. The van der Waals surface area contributed by atoms with Crippen molar-refractivity contribution < 1.29 is 4.11 Å². The van der Waals surface area contributed by atoms with Crippen LogP contribution in [0.1, 0.15) is 9.81 Å². The summed E-state index contributed by atoms with van der Waals surface area (Å²) in [4.78, 5) is 14.3. The minimum atomic E-state index is -2.48. The highest BCUT2D eigenvalue weighted by Gasteiger charge is 1.96. The van der Waals surface area contributed by atoms with Crippen LogP contribution in [0, 0.1) is 4.91 Å². The van der Waals surface area contributed by atoms with E-state index in [0.717, 1.165) is 5.69 Å². The topological polar surface area (TPSA) is 45.6 Å². The SMILES string of the molecule is [2H]C([2H])([2H])N(CCc1ccccn1)N=O. The predicted octanol–water partition coefficient (Wildman–Crippen LogP) is 1.24. The van der Waals surface area contributed by atoms with Crippen LogP contribution < -0.4 is 0 Å². The zero-order chi connectivity index (χ0) is 11.3. The highest BCUT2D eigenvalue weighted by atomic mass is 16.3. The van der Waals surface area contributed by atoms with E-state index in [0.29, 0.717) is 11.4 Å². The number of hydrogen-bond acceptors (Lipinski definition) is 3. The molecular weight excluding hydrogens is 154 g/mol. The number of nitroso groups, excluding NO2 is 1. The minimum Gasteiger partial charge on any atom is -0.264 e. The van der Waals surface area contributed by atoms with Gasteiger partial charge in [0.25, 0.3) is 0 Å². The fraction of sp³-hybridized carbons (Fsp3) is 0.375. The maximum atomic E-state index is 10.3. The smallest absolute Gasteiger partial charge is 0.0521 e. The molecule has 1 aromatic heterocycles. The van der Waals surface area contributed by atoms with Gasteiger partial charge in [-0.3, -0.25) is 9.99 Å². The van der Waals surface area contributed by atoms with Gasteiger partial charge in [-0.25, -0.2) is 0 Å². The molecular formula is C8H11N3O. The van der Waals surface area contributed by atoms with Gasteiger partial charge in [-0.15, -0.1) is 4.91 Å². The summed E-state index contributed by atoms with van der Waals surface area (Å²) in [5.41, 5.74) is 0.732. The number of pyridine rings is 1. The number of nitrogens with zero attached hydrogens (tertiary/aromatic N) is 3. The summed E-state index contributed by atoms with van der Waals surface area (Å²) in [5.74, 6) is 0. The average Bonchev–Trinajstić information content (AvgIpc) is 2.18. The first-order valence-corrected chi connectivity index (χ1v) is 3.55. The first kappa shape index (κ1) is 5.24. The molecule has 12 heavy (non-hydrogen) atoms. The number of likely N-dealkylation sites (N-methyl/N-ethyl adjacent to an activating group) is 1. The van der Waals surface area contributed by atoms with Crippen molar-refractivity contribution in [3.8, 4) is 0 Å². The van der Waals surface area contributed by atoms with Gasteiger partial charge < -0.3 is 0 Å². The lowest BCUT2D eigenvalue weighted by Gasteiger charge is -2.06. The molecule has 0 spiro atoms. The molecule has 0 aliphatic carbocycles. The van der Waals surface area contributed by atoms with Crippen LogP contribution in [-0.2, 0) is 6.42 Å². The zero-order valence-corrected chi connectivity index (χ0v) is 6.47. The van der Waals surface area contributed by atoms with E-state index in [1.807, 2.05) is 0 Å². The maximum Gasteiger partial charge on any atom is 0.0521 e. The molecule has 0 aliphatic rings. The first-order valence-electron chi connectivity index (χ1n) is 5.05. The second-order valence-electron chi connectivity index (χ2n) is 2.28. The van der Waals surface area contributed by atoms with Crippen LogP contribution in [-0.4, -0.2) is 23.5 Å². The second-order valence-corrected chi connectivity index (χ2v) is 2.28. The standard InChI is InChI=1S/C8H11N3O/c1-11(10-12)7-5-8-4-2-3-6-9-8/h2-4,6H,5,7H2,1H3/i1D3. The first-order chi connectivity index (χ1) is 7.04. The van der Waals surface area contributed by atoms with Crippen molar-refractivity contribution in [2.75, 3.05) is 13.5 Å². The molecule has 0 aliphatic heterocycles. The Morgan fingerprint density at radius 3 is 3.25 bits per heavy atom. The van der Waals surface area contributed by atoms with Crippen molar-refractivity contribution in [3.05, 3.63) is 35.0 Å². The van der Waals surface area contributed by atoms with Crippen LogP contribution in [0.5, 0.6) is 0 Å². The molecule has 0 saturated heterocycles. The van der Waals surface area contributed by atoms with E-state index >= 15 is 0 Å². The van der Waals surface area contributed by atoms with Gasteiger partial charge >= 0.3 is 0 Å². The molecule has 0 radical (unpaired) electrons. The van der Waals surface area contributed by atoms with Gasteiger partial charge in [0.2, 0.25) is 0 Å². The normalized spacial score (nSPS) is 14.2. The number of rotatable bonds is 4. The fourth-order valence-electron chi connectivity index (χ4n) is 0.807. The Balaban J connectivity index is 2.52. The highest BCUT2D eigenvalue weighted by Crippen LogP contribution is 1.95. The summed E-state index contributed by atoms with van der Waals surface area (Å²) < 4.78 is 21.0. The molecule has 0 unspecified atom stereocenters. The number of aromatic nitrogens is 1. The zero-order valence-electron chi connectivity index (χ0n) is 9.47. The van der Waals surface area contributed by atoms with E-state index in [9.17, 15) is 4.91 Å². The Kier molecular flexibility index (Phi) is 1.94. The van der Waals surface area contributed by atoms with Gasteiger partial charge in [0, 0.05) is 35.9 Å². The Hall–Kier alpha value is -1.45. The van der Waals surface area contributed by atoms with Crippen molar-refractivity contribution in [2.45, 2.75) is 6.42 Å². The molecule has 0 bridgehead atoms. The summed E-state index contributed by atoms with van der Waals surface area (Å²) >= 11 is 0. The Labute approximate surface area is 75.4 Å². The molecule has 64 valence electrons. The highest BCUT2D eigenvalue weighted by molar-refractivity contribution is 5.03. The van der Waals surface area contributed by atoms with Crippen LogP contribution in [0.15, 0.2) is 29.7 Å². The van der Waals surface area contributed by atoms with Crippen molar-refractivity contribution >= 4 is 0 Å². The molecule has 1 heterocycles. The van der Waals surface area contributed by atoms with Crippen LogP contribution in [0.4, 0.5) is 0 Å². The monoisotopic (exact) mass is 168 g/mol. The predicted molar refractivity (Wildman–Crippen MR) is 46.4 cm³/mol. The molecule has 0 atom stereocenters. The maximum absolute atomic E-state index is 10.3. The second kappa shape index (κ2) is 4.43. The van der Waals surface area contributed by atoms with E-state index in [4.69, 9.17) is 4.11 Å². The van der Waals surface area contributed by atoms with Crippen LogP contribution >= 0.6 is 0 Å². The fourth-order valence-corrected chi connectivity index (χ4v) is 0.807. The van der Waals surface area contributed by atoms with Crippen molar-refractivity contribution in [1.82, 2.24) is 9.99 Å². The summed E-state index contributed by atoms with van der Waals surface area (Å²) in [7, 11) is 0. The summed E-state index contributed by atoms with van der Waals surface area (Å²) in [5, 5.41) is 3.01. The molecule has 0 aromatic carbocycles. The lowest BCUT2D eigenvalue weighted by Crippen LogP contribution is -2.14. The van der Waals surface area contributed by atoms with Crippen LogP contribution in [0.25, 0.3) is 0 Å². The van der Waals surface area contributed by atoms with Crippen molar-refractivity contribution in [2.24, 2.45) is 5.29 Å². The van der Waals surface area contributed by atoms with Crippen molar-refractivity contribution in [1.29, 1.82) is 0 Å². The summed E-state index contributed by atoms with van der Waals surface area (Å²) in [6.07, 6.45) is 1.99. The lowest BCUT2D eigenvalue weighted by molar-refractivity contribution is 0.352. The van der Waals surface area contributed by atoms with Gasteiger partial charge in [0.1, 0.15) is 0 Å². The van der Waals surface area contributed by atoms with Gasteiger partial charge in [0.05, 0.1) is 5.29 Å². The van der Waals surface area contributed by atoms with Gasteiger partial charge in [0.15, 0.2) is 0 Å². The van der Waals surface area contributed by atoms with Gasteiger partial charge in [-0.2, -0.15) is 0 Å². The third-order valence-corrected chi connectivity index (χ3v) is 1.40. The van der Waals surface area contributed by atoms with E-state index in [2.05, 4.69) is 10.3 Å². The molecule has 0 N–H and O–H groups in total. The molecule has 0 fully saturated rings. The van der Waals surface area contributed by atoms with Crippen molar-refractivity contribution in [3.63, 3.8) is 0 Å². The third kappa shape index (κ3) is 2.65.